The second kappa shape index (κ2) is 9.50. The van der Waals surface area contributed by atoms with Gasteiger partial charge in [-0.1, -0.05) is 6.07 Å². The van der Waals surface area contributed by atoms with Crippen LogP contribution in [0.3, 0.4) is 0 Å². The lowest BCUT2D eigenvalue weighted by molar-refractivity contribution is -0.140. The fourth-order valence-corrected chi connectivity index (χ4v) is 4.25. The zero-order valence-electron chi connectivity index (χ0n) is 18.3. The lowest BCUT2D eigenvalue weighted by Gasteiger charge is -2.30. The molecule has 3 heterocycles. The minimum absolute atomic E-state index is 0.0783. The summed E-state index contributed by atoms with van der Waals surface area (Å²) in [6, 6.07) is 8.04. The van der Waals surface area contributed by atoms with E-state index in [2.05, 4.69) is 9.88 Å². The first-order valence-electron chi connectivity index (χ1n) is 10.6. The molecule has 0 bridgehead atoms. The highest BCUT2D eigenvalue weighted by Gasteiger charge is 2.46. The number of pyridine rings is 1. The zero-order chi connectivity index (χ0) is 22.7. The van der Waals surface area contributed by atoms with Crippen molar-refractivity contribution in [1.82, 2.24) is 14.8 Å². The first kappa shape index (κ1) is 22.0. The number of ether oxygens (including phenoxy) is 2. The topological polar surface area (TPSA) is 92.2 Å². The van der Waals surface area contributed by atoms with Crippen molar-refractivity contribution in [2.24, 2.45) is 0 Å². The molecular weight excluding hydrogens is 410 g/mol. The number of methoxy groups -OCH3 is 1. The number of aliphatic hydroxyl groups is 1. The van der Waals surface area contributed by atoms with Gasteiger partial charge in [-0.3, -0.25) is 19.5 Å². The monoisotopic (exact) mass is 437 g/mol. The molecule has 2 saturated heterocycles. The Balaban J connectivity index is 1.72. The van der Waals surface area contributed by atoms with E-state index in [0.717, 1.165) is 18.7 Å². The molecule has 1 atom stereocenters. The maximum atomic E-state index is 13.1. The van der Waals surface area contributed by atoms with Crippen molar-refractivity contribution in [1.29, 1.82) is 0 Å². The Kier molecular flexibility index (Phi) is 6.53. The van der Waals surface area contributed by atoms with Crippen LogP contribution in [0.1, 0.15) is 22.7 Å². The molecule has 0 radical (unpaired) electrons. The number of aryl methyl sites for hydroxylation is 1. The van der Waals surface area contributed by atoms with E-state index < -0.39 is 17.7 Å². The van der Waals surface area contributed by atoms with Crippen molar-refractivity contribution < 1.29 is 24.2 Å². The average Bonchev–Trinajstić information content (AvgIpc) is 3.08. The molecule has 2 fully saturated rings. The van der Waals surface area contributed by atoms with E-state index in [1.54, 1.807) is 43.8 Å². The number of nitrogens with zero attached hydrogens (tertiary/aromatic N) is 3. The molecule has 4 rings (SSSR count). The first-order chi connectivity index (χ1) is 15.5. The van der Waals surface area contributed by atoms with Gasteiger partial charge in [0.2, 0.25) is 0 Å². The predicted octanol–water partition coefficient (Wildman–Crippen LogP) is 2.15. The minimum Gasteiger partial charge on any atom is -0.507 e. The van der Waals surface area contributed by atoms with Crippen LogP contribution in [-0.4, -0.2) is 78.1 Å². The van der Waals surface area contributed by atoms with Gasteiger partial charge in [0.1, 0.15) is 11.5 Å². The van der Waals surface area contributed by atoms with Crippen LogP contribution < -0.4 is 4.74 Å². The summed E-state index contributed by atoms with van der Waals surface area (Å²) in [7, 11) is 1.57. The van der Waals surface area contributed by atoms with Gasteiger partial charge in [0.05, 0.1) is 31.9 Å². The molecule has 1 amide bonds. The van der Waals surface area contributed by atoms with Gasteiger partial charge in [-0.05, 0) is 42.3 Å². The van der Waals surface area contributed by atoms with Crippen LogP contribution in [0.4, 0.5) is 0 Å². The molecule has 2 aromatic rings. The van der Waals surface area contributed by atoms with Crippen molar-refractivity contribution in [3.8, 4) is 5.75 Å². The van der Waals surface area contributed by atoms with E-state index in [1.807, 2.05) is 13.0 Å². The molecule has 1 aromatic carbocycles. The molecule has 1 unspecified atom stereocenters. The second-order valence-electron chi connectivity index (χ2n) is 7.92. The molecule has 0 aliphatic carbocycles. The van der Waals surface area contributed by atoms with E-state index >= 15 is 0 Å². The number of carbonyl (C=O) groups is 2. The highest BCUT2D eigenvalue weighted by molar-refractivity contribution is 6.46. The molecule has 1 aromatic heterocycles. The molecular formula is C24H27N3O5. The van der Waals surface area contributed by atoms with Crippen LogP contribution in [0, 0.1) is 6.92 Å². The smallest absolute Gasteiger partial charge is 0.295 e. The van der Waals surface area contributed by atoms with Crippen molar-refractivity contribution in [3.05, 3.63) is 65.0 Å². The number of aliphatic hydroxyl groups excluding tert-OH is 1. The van der Waals surface area contributed by atoms with Crippen LogP contribution in [0.2, 0.25) is 0 Å². The number of likely N-dealkylation sites (tertiary alicyclic amines) is 1. The quantitative estimate of drug-likeness (QED) is 0.421. The molecule has 0 spiro atoms. The van der Waals surface area contributed by atoms with E-state index in [4.69, 9.17) is 9.47 Å². The molecule has 168 valence electrons. The number of morpholine rings is 1. The third-order valence-corrected chi connectivity index (χ3v) is 5.97. The van der Waals surface area contributed by atoms with Gasteiger partial charge in [0.15, 0.2) is 0 Å². The number of Topliss-reactive ketones (excluding diaryl/α,β-unsaturated/α-hetero) is 1. The fraction of sp³-hybridized carbons (Fsp3) is 0.375. The Morgan fingerprint density at radius 2 is 2.00 bits per heavy atom. The van der Waals surface area contributed by atoms with Crippen molar-refractivity contribution in [2.45, 2.75) is 13.0 Å². The maximum absolute atomic E-state index is 13.1. The summed E-state index contributed by atoms with van der Waals surface area (Å²) < 4.78 is 10.7. The molecule has 1 N–H and O–H groups in total. The Morgan fingerprint density at radius 3 is 2.66 bits per heavy atom. The number of hydrogen-bond acceptors (Lipinski definition) is 7. The van der Waals surface area contributed by atoms with Crippen LogP contribution in [-0.2, 0) is 14.3 Å². The lowest BCUT2D eigenvalue weighted by atomic mass is 9.95. The third-order valence-electron chi connectivity index (χ3n) is 5.97. The Morgan fingerprint density at radius 1 is 1.22 bits per heavy atom. The summed E-state index contributed by atoms with van der Waals surface area (Å²) in [5.74, 6) is -0.821. The minimum atomic E-state index is -0.702. The van der Waals surface area contributed by atoms with Gasteiger partial charge in [0, 0.05) is 44.1 Å². The summed E-state index contributed by atoms with van der Waals surface area (Å²) in [6.45, 7) is 5.72. The third kappa shape index (κ3) is 4.24. The standard InChI is InChI=1S/C24H27N3O5/c1-16-14-17(5-6-19(16)31-2)22(28)20-21(18-4-3-7-25-15-18)27(24(30)23(20)29)9-8-26-10-12-32-13-11-26/h3-7,14-15,21,28H,8-13H2,1-2H3/b22-20-. The van der Waals surface area contributed by atoms with Crippen molar-refractivity contribution in [2.75, 3.05) is 46.5 Å². The van der Waals surface area contributed by atoms with E-state index in [9.17, 15) is 14.7 Å². The maximum Gasteiger partial charge on any atom is 0.295 e. The Bertz CT molecular complexity index is 1030. The number of carbonyl (C=O) groups excluding carboxylic acids is 2. The van der Waals surface area contributed by atoms with Gasteiger partial charge in [-0.2, -0.15) is 0 Å². The first-order valence-corrected chi connectivity index (χ1v) is 10.6. The molecule has 32 heavy (non-hydrogen) atoms. The second-order valence-corrected chi connectivity index (χ2v) is 7.92. The molecule has 2 aliphatic heterocycles. The van der Waals surface area contributed by atoms with Crippen LogP contribution in [0.15, 0.2) is 48.3 Å². The van der Waals surface area contributed by atoms with Gasteiger partial charge in [-0.25, -0.2) is 0 Å². The van der Waals surface area contributed by atoms with E-state index in [0.29, 0.717) is 43.2 Å². The Labute approximate surface area is 187 Å². The number of ketones is 1. The number of benzene rings is 1. The summed E-state index contributed by atoms with van der Waals surface area (Å²) in [5, 5.41) is 11.2. The number of hydrogen-bond donors (Lipinski definition) is 1. The summed E-state index contributed by atoms with van der Waals surface area (Å²) >= 11 is 0. The Hall–Kier alpha value is -3.23. The summed E-state index contributed by atoms with van der Waals surface area (Å²) in [6.07, 6.45) is 3.26. The number of rotatable bonds is 6. The molecule has 0 saturated carbocycles. The summed E-state index contributed by atoms with van der Waals surface area (Å²) in [5.41, 5.74) is 2.04. The lowest BCUT2D eigenvalue weighted by Crippen LogP contribution is -2.42. The summed E-state index contributed by atoms with van der Waals surface area (Å²) in [4.78, 5) is 34.0. The number of aromatic nitrogens is 1. The molecule has 8 nitrogen and oxygen atoms in total. The van der Waals surface area contributed by atoms with E-state index in [1.165, 1.54) is 4.90 Å². The average molecular weight is 437 g/mol. The highest BCUT2D eigenvalue weighted by Crippen LogP contribution is 2.39. The fourth-order valence-electron chi connectivity index (χ4n) is 4.25. The predicted molar refractivity (Wildman–Crippen MR) is 118 cm³/mol. The van der Waals surface area contributed by atoms with Crippen LogP contribution in [0.25, 0.3) is 5.76 Å². The van der Waals surface area contributed by atoms with Crippen LogP contribution >= 0.6 is 0 Å². The van der Waals surface area contributed by atoms with Crippen molar-refractivity contribution in [3.63, 3.8) is 0 Å². The van der Waals surface area contributed by atoms with Gasteiger partial charge in [0.25, 0.3) is 11.7 Å². The largest absolute Gasteiger partial charge is 0.507 e. The van der Waals surface area contributed by atoms with Crippen molar-refractivity contribution >= 4 is 17.4 Å². The van der Waals surface area contributed by atoms with Gasteiger partial charge in [-0.15, -0.1) is 0 Å². The van der Waals surface area contributed by atoms with Gasteiger partial charge >= 0.3 is 0 Å². The van der Waals surface area contributed by atoms with Gasteiger partial charge < -0.3 is 19.5 Å². The molecule has 2 aliphatic rings. The zero-order valence-corrected chi connectivity index (χ0v) is 18.3. The van der Waals surface area contributed by atoms with Crippen LogP contribution in [0.5, 0.6) is 5.75 Å². The highest BCUT2D eigenvalue weighted by atomic mass is 16.5. The number of amides is 1. The van der Waals surface area contributed by atoms with E-state index in [-0.39, 0.29) is 11.3 Å². The normalized spacial score (nSPS) is 21.2. The molecule has 8 heteroatoms. The SMILES string of the molecule is COc1ccc(/C(O)=C2/C(=O)C(=O)N(CCN3CCOCC3)C2c2cccnc2)cc1C.